The number of hydrogen-bond donors (Lipinski definition) is 1. The Bertz CT molecular complexity index is 1430. The fourth-order valence-electron chi connectivity index (χ4n) is 4.93. The minimum atomic E-state index is -0.969. The number of likely N-dealkylation sites (N-methyl/N-ethyl adjacent to an activating group) is 1. The number of ether oxygens (including phenoxy) is 1. The summed E-state index contributed by atoms with van der Waals surface area (Å²) in [5.74, 6) is -1.30. The van der Waals surface area contributed by atoms with E-state index >= 15 is 0 Å². The molecule has 1 aliphatic rings. The van der Waals surface area contributed by atoms with Gasteiger partial charge in [0.1, 0.15) is 18.1 Å². The van der Waals surface area contributed by atoms with Crippen molar-refractivity contribution in [2.24, 2.45) is 0 Å². The number of nitrogens with zero attached hydrogens (tertiary/aromatic N) is 3. The van der Waals surface area contributed by atoms with E-state index in [9.17, 15) is 24.8 Å². The summed E-state index contributed by atoms with van der Waals surface area (Å²) in [5.41, 5.74) is 2.16. The Labute approximate surface area is 233 Å². The van der Waals surface area contributed by atoms with Gasteiger partial charge >= 0.3 is 0 Å². The minimum absolute atomic E-state index is 0.0916. The molecule has 3 aromatic rings. The van der Waals surface area contributed by atoms with Gasteiger partial charge in [0.15, 0.2) is 0 Å². The molecule has 0 aliphatic carbocycles. The quantitative estimate of drug-likeness (QED) is 0.116. The van der Waals surface area contributed by atoms with Gasteiger partial charge in [0.2, 0.25) is 0 Å². The Morgan fingerprint density at radius 1 is 1.02 bits per heavy atom. The highest BCUT2D eigenvalue weighted by Crippen LogP contribution is 2.41. The molecular weight excluding hydrogens is 510 g/mol. The fraction of sp³-hybridized carbons (Fsp3) is 0.290. The lowest BCUT2D eigenvalue weighted by atomic mass is 9.93. The van der Waals surface area contributed by atoms with Crippen molar-refractivity contribution in [3.05, 3.63) is 111 Å². The van der Waals surface area contributed by atoms with Gasteiger partial charge in [-0.1, -0.05) is 56.3 Å². The maximum atomic E-state index is 13.4. The summed E-state index contributed by atoms with van der Waals surface area (Å²) in [6.45, 7) is 8.43. The van der Waals surface area contributed by atoms with Crippen LogP contribution in [0.15, 0.2) is 78.4 Å². The van der Waals surface area contributed by atoms with E-state index in [4.69, 9.17) is 4.74 Å². The Kier molecular flexibility index (Phi) is 8.96. The molecule has 40 heavy (non-hydrogen) atoms. The van der Waals surface area contributed by atoms with E-state index in [0.717, 1.165) is 18.7 Å². The van der Waals surface area contributed by atoms with Crippen LogP contribution >= 0.6 is 0 Å². The summed E-state index contributed by atoms with van der Waals surface area (Å²) < 4.78 is 5.89. The Hall–Kier alpha value is -4.50. The van der Waals surface area contributed by atoms with E-state index < -0.39 is 22.7 Å². The molecule has 0 radical (unpaired) electrons. The van der Waals surface area contributed by atoms with Gasteiger partial charge in [-0.2, -0.15) is 0 Å². The van der Waals surface area contributed by atoms with Crippen LogP contribution in [-0.4, -0.2) is 57.7 Å². The van der Waals surface area contributed by atoms with Crippen LogP contribution in [0.5, 0.6) is 5.75 Å². The highest BCUT2D eigenvalue weighted by Gasteiger charge is 2.46. The lowest BCUT2D eigenvalue weighted by Crippen LogP contribution is -2.38. The summed E-state index contributed by atoms with van der Waals surface area (Å²) in [5, 5.41) is 23.0. The molecule has 4 rings (SSSR count). The first kappa shape index (κ1) is 28.5. The molecule has 0 spiro atoms. The summed E-state index contributed by atoms with van der Waals surface area (Å²) >= 11 is 0. The van der Waals surface area contributed by atoms with Gasteiger partial charge in [-0.15, -0.1) is 0 Å². The number of carbonyl (C=O) groups excluding carboxylic acids is 2. The smallest absolute Gasteiger partial charge is 0.295 e. The molecule has 1 atom stereocenters. The zero-order valence-corrected chi connectivity index (χ0v) is 22.9. The third-order valence-electron chi connectivity index (χ3n) is 7.19. The average molecular weight is 544 g/mol. The van der Waals surface area contributed by atoms with Crippen molar-refractivity contribution in [1.82, 2.24) is 9.80 Å². The predicted octanol–water partition coefficient (Wildman–Crippen LogP) is 5.25. The molecular formula is C31H33N3O6. The molecule has 208 valence electrons. The highest BCUT2D eigenvalue weighted by molar-refractivity contribution is 6.46. The molecule has 1 fully saturated rings. The summed E-state index contributed by atoms with van der Waals surface area (Å²) in [6, 6.07) is 19.7. The molecule has 3 aromatic carbocycles. The molecule has 9 nitrogen and oxygen atoms in total. The number of aryl methyl sites for hydroxylation is 1. The predicted molar refractivity (Wildman–Crippen MR) is 152 cm³/mol. The summed E-state index contributed by atoms with van der Waals surface area (Å²) in [7, 11) is 0. The van der Waals surface area contributed by atoms with Gasteiger partial charge in [0, 0.05) is 30.8 Å². The largest absolute Gasteiger partial charge is 0.507 e. The highest BCUT2D eigenvalue weighted by atomic mass is 16.6. The molecule has 1 amide bonds. The normalized spacial score (nSPS) is 16.5. The molecule has 0 unspecified atom stereocenters. The number of nitro groups is 1. The number of nitro benzene ring substituents is 1. The Morgan fingerprint density at radius 2 is 1.75 bits per heavy atom. The van der Waals surface area contributed by atoms with E-state index in [-0.39, 0.29) is 23.6 Å². The van der Waals surface area contributed by atoms with Gasteiger partial charge in [-0.25, -0.2) is 0 Å². The average Bonchev–Trinajstić information content (AvgIpc) is 3.22. The van der Waals surface area contributed by atoms with Crippen LogP contribution in [0, 0.1) is 17.0 Å². The number of aliphatic hydroxyl groups excluding tert-OH is 1. The number of Topliss-reactive ketones (excluding diaryl/α,β-unsaturated/α-hetero) is 1. The lowest BCUT2D eigenvalue weighted by molar-refractivity contribution is -0.384. The van der Waals surface area contributed by atoms with Crippen LogP contribution in [-0.2, 0) is 16.2 Å². The van der Waals surface area contributed by atoms with E-state index in [2.05, 4.69) is 4.90 Å². The van der Waals surface area contributed by atoms with Crippen LogP contribution < -0.4 is 4.74 Å². The number of amides is 1. The van der Waals surface area contributed by atoms with Gasteiger partial charge in [0.05, 0.1) is 16.5 Å². The molecule has 9 heteroatoms. The first-order valence-electron chi connectivity index (χ1n) is 13.3. The van der Waals surface area contributed by atoms with Crippen molar-refractivity contribution in [2.45, 2.75) is 33.4 Å². The summed E-state index contributed by atoms with van der Waals surface area (Å²) in [6.07, 6.45) is 0. The van der Waals surface area contributed by atoms with Crippen LogP contribution in [0.25, 0.3) is 5.76 Å². The second kappa shape index (κ2) is 12.6. The number of hydrogen-bond acceptors (Lipinski definition) is 7. The molecule has 0 saturated carbocycles. The van der Waals surface area contributed by atoms with Crippen molar-refractivity contribution in [2.75, 3.05) is 26.2 Å². The molecule has 0 aromatic heterocycles. The Morgan fingerprint density at radius 3 is 2.40 bits per heavy atom. The number of likely N-dealkylation sites (tertiary alicyclic amines) is 1. The van der Waals surface area contributed by atoms with Crippen molar-refractivity contribution >= 4 is 23.1 Å². The number of benzene rings is 3. The topological polar surface area (TPSA) is 113 Å². The third kappa shape index (κ3) is 6.05. The number of aliphatic hydroxyl groups is 1. The van der Waals surface area contributed by atoms with E-state index in [1.807, 2.05) is 44.2 Å². The summed E-state index contributed by atoms with van der Waals surface area (Å²) in [4.78, 5) is 41.1. The van der Waals surface area contributed by atoms with E-state index in [1.165, 1.54) is 23.1 Å². The molecule has 1 saturated heterocycles. The number of rotatable bonds is 11. The van der Waals surface area contributed by atoms with Crippen molar-refractivity contribution in [3.63, 3.8) is 0 Å². The second-order valence-corrected chi connectivity index (χ2v) is 9.62. The Balaban J connectivity index is 1.73. The zero-order chi connectivity index (χ0) is 28.8. The van der Waals surface area contributed by atoms with Crippen LogP contribution in [0.2, 0.25) is 0 Å². The first-order chi connectivity index (χ1) is 19.2. The van der Waals surface area contributed by atoms with Gasteiger partial charge in [-0.3, -0.25) is 19.7 Å². The van der Waals surface area contributed by atoms with Crippen LogP contribution in [0.1, 0.15) is 42.1 Å². The second-order valence-electron chi connectivity index (χ2n) is 9.62. The van der Waals surface area contributed by atoms with Gasteiger partial charge < -0.3 is 19.6 Å². The van der Waals surface area contributed by atoms with Crippen molar-refractivity contribution < 1.29 is 24.4 Å². The number of ketones is 1. The van der Waals surface area contributed by atoms with Crippen molar-refractivity contribution in [1.29, 1.82) is 0 Å². The maximum Gasteiger partial charge on any atom is 0.295 e. The third-order valence-corrected chi connectivity index (χ3v) is 7.19. The molecule has 1 aliphatic heterocycles. The number of non-ortho nitro benzene ring substituents is 1. The monoisotopic (exact) mass is 543 g/mol. The van der Waals surface area contributed by atoms with E-state index in [0.29, 0.717) is 35.6 Å². The fourth-order valence-corrected chi connectivity index (χ4v) is 4.93. The molecule has 1 N–H and O–H groups in total. The van der Waals surface area contributed by atoms with Gasteiger partial charge in [0.25, 0.3) is 17.4 Å². The number of carbonyl (C=O) groups is 2. The first-order valence-corrected chi connectivity index (χ1v) is 13.3. The zero-order valence-electron chi connectivity index (χ0n) is 22.9. The molecule has 1 heterocycles. The molecule has 0 bridgehead atoms. The SMILES string of the molecule is CCN(CC)CCN1C(=O)C(=O)/C(=C(/O)c2ccc(OCc3ccccc3)cc2C)[C@H]1c1cccc([N+](=O)[O-])c1. The van der Waals surface area contributed by atoms with Crippen LogP contribution in [0.4, 0.5) is 5.69 Å². The minimum Gasteiger partial charge on any atom is -0.507 e. The maximum absolute atomic E-state index is 13.4. The van der Waals surface area contributed by atoms with Gasteiger partial charge in [-0.05, 0) is 54.9 Å². The lowest BCUT2D eigenvalue weighted by Gasteiger charge is -2.28. The standard InChI is InChI=1S/C31H33N3O6/c1-4-32(5-2)16-17-33-28(23-12-9-13-24(19-23)34(38)39)27(30(36)31(33)37)29(35)26-15-14-25(18-21(26)3)40-20-22-10-7-6-8-11-22/h6-15,18-19,28,35H,4-5,16-17,20H2,1-3H3/b29-27+/t28-/m1/s1. The van der Waals surface area contributed by atoms with Crippen molar-refractivity contribution in [3.8, 4) is 5.75 Å². The van der Waals surface area contributed by atoms with E-state index in [1.54, 1.807) is 31.2 Å². The van der Waals surface area contributed by atoms with Crippen LogP contribution in [0.3, 0.4) is 0 Å².